The van der Waals surface area contributed by atoms with Crippen molar-refractivity contribution in [2.75, 3.05) is 56.7 Å². The number of hydrogen-bond donors (Lipinski definition) is 1. The van der Waals surface area contributed by atoms with E-state index in [1.54, 1.807) is 11.0 Å². The number of carbonyl (C=O) groups excluding carboxylic acids is 2. The van der Waals surface area contributed by atoms with Gasteiger partial charge in [-0.15, -0.1) is 0 Å². The maximum absolute atomic E-state index is 14.9. The van der Waals surface area contributed by atoms with E-state index in [2.05, 4.69) is 5.32 Å². The number of rotatable bonds is 4. The fraction of sp³-hybridized carbons (Fsp3) is 0.636. The lowest BCUT2D eigenvalue weighted by atomic mass is 10.1. The largest absolute Gasteiger partial charge is 0.465 e. The fourth-order valence-corrected chi connectivity index (χ4v) is 4.40. The maximum Gasteiger partial charge on any atom is 0.410 e. The van der Waals surface area contributed by atoms with E-state index in [0.717, 1.165) is 0 Å². The zero-order valence-corrected chi connectivity index (χ0v) is 18.4. The summed E-state index contributed by atoms with van der Waals surface area (Å²) in [4.78, 5) is 28.3. The van der Waals surface area contributed by atoms with E-state index >= 15 is 0 Å². The summed E-state index contributed by atoms with van der Waals surface area (Å²) in [6.07, 6.45) is -0.311. The second kappa shape index (κ2) is 8.18. The molecule has 0 spiro atoms. The van der Waals surface area contributed by atoms with Gasteiger partial charge in [-0.3, -0.25) is 0 Å². The molecule has 1 aromatic rings. The Morgan fingerprint density at radius 2 is 1.81 bits per heavy atom. The summed E-state index contributed by atoms with van der Waals surface area (Å²) in [5, 5.41) is 3.32. The van der Waals surface area contributed by atoms with Gasteiger partial charge in [0.1, 0.15) is 11.4 Å². The first-order valence-electron chi connectivity index (χ1n) is 10.7. The number of carbonyl (C=O) groups is 2. The van der Waals surface area contributed by atoms with Crippen molar-refractivity contribution in [1.82, 2.24) is 4.90 Å². The number of ether oxygens (including phenoxy) is 3. The van der Waals surface area contributed by atoms with Crippen LogP contribution in [0.4, 0.5) is 20.6 Å². The number of benzene rings is 1. The molecule has 31 heavy (non-hydrogen) atoms. The molecular formula is C22H30FN3O5. The van der Waals surface area contributed by atoms with Gasteiger partial charge in [0.25, 0.3) is 0 Å². The third kappa shape index (κ3) is 4.56. The zero-order valence-electron chi connectivity index (χ0n) is 18.4. The third-order valence-corrected chi connectivity index (χ3v) is 6.01. The van der Waals surface area contributed by atoms with Gasteiger partial charge in [0, 0.05) is 50.1 Å². The molecule has 1 amide bonds. The number of morpholine rings is 1. The predicted molar refractivity (Wildman–Crippen MR) is 113 cm³/mol. The Morgan fingerprint density at radius 3 is 2.39 bits per heavy atom. The van der Waals surface area contributed by atoms with Crippen molar-refractivity contribution in [2.24, 2.45) is 11.8 Å². The van der Waals surface area contributed by atoms with Crippen LogP contribution in [0.5, 0.6) is 0 Å². The Hall–Kier alpha value is -2.55. The standard InChI is InChI=1S/C22H30FN3O5/c1-22(2,3)31-21(28)26-11-14-15(12-26)19(14)24-17-10-16(23)18(9-13(17)20(27)29-4)25-5-7-30-8-6-25/h9-10,14-15,19,24H,5-8,11-12H2,1-4H3/t14-,15+,19?. The highest BCUT2D eigenvalue weighted by Crippen LogP contribution is 2.48. The van der Waals surface area contributed by atoms with Crippen molar-refractivity contribution in [1.29, 1.82) is 0 Å². The van der Waals surface area contributed by atoms with Gasteiger partial charge in [-0.25, -0.2) is 14.0 Å². The Kier molecular flexibility index (Phi) is 5.72. The van der Waals surface area contributed by atoms with Crippen LogP contribution in [0.3, 0.4) is 0 Å². The highest BCUT2D eigenvalue weighted by atomic mass is 19.1. The van der Waals surface area contributed by atoms with Crippen LogP contribution in [-0.2, 0) is 14.2 Å². The lowest BCUT2D eigenvalue weighted by Crippen LogP contribution is -2.38. The first-order chi connectivity index (χ1) is 14.7. The van der Waals surface area contributed by atoms with Gasteiger partial charge in [0.2, 0.25) is 0 Å². The van der Waals surface area contributed by atoms with Crippen molar-refractivity contribution in [3.05, 3.63) is 23.5 Å². The first kappa shape index (κ1) is 21.7. The minimum atomic E-state index is -0.531. The molecule has 8 nitrogen and oxygen atoms in total. The monoisotopic (exact) mass is 435 g/mol. The van der Waals surface area contributed by atoms with Gasteiger partial charge in [0.15, 0.2) is 0 Å². The van der Waals surface area contributed by atoms with E-state index in [9.17, 15) is 14.0 Å². The average Bonchev–Trinajstić information content (AvgIpc) is 3.15. The highest BCUT2D eigenvalue weighted by Gasteiger charge is 2.57. The number of piperidine rings is 1. The van der Waals surface area contributed by atoms with E-state index in [4.69, 9.17) is 14.2 Å². The van der Waals surface area contributed by atoms with E-state index in [1.807, 2.05) is 25.7 Å². The van der Waals surface area contributed by atoms with Crippen molar-refractivity contribution in [3.8, 4) is 0 Å². The topological polar surface area (TPSA) is 80.3 Å². The number of nitrogens with one attached hydrogen (secondary N) is 1. The molecule has 1 saturated carbocycles. The van der Waals surface area contributed by atoms with Crippen LogP contribution in [-0.4, -0.2) is 75.1 Å². The quantitative estimate of drug-likeness (QED) is 0.729. The molecule has 9 heteroatoms. The van der Waals surface area contributed by atoms with E-state index in [-0.39, 0.29) is 24.0 Å². The van der Waals surface area contributed by atoms with Crippen LogP contribution in [0.15, 0.2) is 12.1 Å². The molecule has 1 N–H and O–H groups in total. The predicted octanol–water partition coefficient (Wildman–Crippen LogP) is 2.73. The lowest BCUT2D eigenvalue weighted by molar-refractivity contribution is 0.0272. The zero-order chi connectivity index (χ0) is 22.3. The Balaban J connectivity index is 1.45. The molecule has 3 atom stereocenters. The molecule has 0 aromatic heterocycles. The summed E-state index contributed by atoms with van der Waals surface area (Å²) in [5.74, 6) is -0.406. The Labute approximate surface area is 181 Å². The number of methoxy groups -OCH3 is 1. The summed E-state index contributed by atoms with van der Waals surface area (Å²) < 4.78 is 30.6. The molecule has 2 heterocycles. The van der Waals surface area contributed by atoms with Crippen LogP contribution in [0.1, 0.15) is 31.1 Å². The van der Waals surface area contributed by atoms with E-state index in [1.165, 1.54) is 13.2 Å². The Bertz CT molecular complexity index is 853. The second-order valence-corrected chi connectivity index (χ2v) is 9.32. The number of fused-ring (bicyclic) bond motifs is 1. The highest BCUT2D eigenvalue weighted by molar-refractivity contribution is 5.97. The van der Waals surface area contributed by atoms with Crippen LogP contribution in [0, 0.1) is 17.7 Å². The van der Waals surface area contributed by atoms with Gasteiger partial charge in [-0.05, 0) is 26.8 Å². The maximum atomic E-state index is 14.9. The summed E-state index contributed by atoms with van der Waals surface area (Å²) in [5.41, 5.74) is 0.571. The lowest BCUT2D eigenvalue weighted by Gasteiger charge is -2.30. The molecule has 0 bridgehead atoms. The first-order valence-corrected chi connectivity index (χ1v) is 10.7. The number of likely N-dealkylation sites (tertiary alicyclic amines) is 1. The molecule has 3 aliphatic rings. The second-order valence-electron chi connectivity index (χ2n) is 9.32. The summed E-state index contributed by atoms with van der Waals surface area (Å²) in [7, 11) is 1.31. The SMILES string of the molecule is COC(=O)c1cc(N2CCOCC2)c(F)cc1NC1[C@H]2CN(C(=O)OC(C)(C)C)C[C@@H]12. The normalized spacial score (nSPS) is 25.1. The van der Waals surface area contributed by atoms with Crippen LogP contribution < -0.4 is 10.2 Å². The number of amides is 1. The molecule has 1 unspecified atom stereocenters. The van der Waals surface area contributed by atoms with Gasteiger partial charge >= 0.3 is 12.1 Å². The van der Waals surface area contributed by atoms with Crippen molar-refractivity contribution >= 4 is 23.4 Å². The summed E-state index contributed by atoms with van der Waals surface area (Å²) in [6.45, 7) is 8.87. The fourth-order valence-electron chi connectivity index (χ4n) is 4.40. The van der Waals surface area contributed by atoms with Crippen LogP contribution in [0.2, 0.25) is 0 Å². The van der Waals surface area contributed by atoms with Gasteiger partial charge in [-0.1, -0.05) is 0 Å². The molecule has 2 saturated heterocycles. The molecule has 1 aliphatic carbocycles. The number of hydrogen-bond acceptors (Lipinski definition) is 7. The van der Waals surface area contributed by atoms with Crippen molar-refractivity contribution in [2.45, 2.75) is 32.4 Å². The minimum Gasteiger partial charge on any atom is -0.465 e. The van der Waals surface area contributed by atoms with Gasteiger partial charge < -0.3 is 29.3 Å². The Morgan fingerprint density at radius 1 is 1.16 bits per heavy atom. The van der Waals surface area contributed by atoms with Crippen LogP contribution >= 0.6 is 0 Å². The number of esters is 1. The number of halogens is 1. The summed E-state index contributed by atoms with van der Waals surface area (Å²) in [6, 6.07) is 3.01. The minimum absolute atomic E-state index is 0.0794. The third-order valence-electron chi connectivity index (χ3n) is 6.01. The summed E-state index contributed by atoms with van der Waals surface area (Å²) >= 11 is 0. The van der Waals surface area contributed by atoms with Crippen LogP contribution in [0.25, 0.3) is 0 Å². The molecule has 1 aromatic carbocycles. The number of nitrogens with zero attached hydrogens (tertiary/aromatic N) is 2. The van der Waals surface area contributed by atoms with E-state index < -0.39 is 17.4 Å². The number of anilines is 2. The van der Waals surface area contributed by atoms with Gasteiger partial charge in [0.05, 0.1) is 37.3 Å². The molecule has 170 valence electrons. The van der Waals surface area contributed by atoms with Crippen molar-refractivity contribution in [3.63, 3.8) is 0 Å². The molecule has 2 aliphatic heterocycles. The molecule has 4 rings (SSSR count). The van der Waals surface area contributed by atoms with E-state index in [0.29, 0.717) is 56.3 Å². The smallest absolute Gasteiger partial charge is 0.410 e. The molecule has 0 radical (unpaired) electrons. The molecular weight excluding hydrogens is 405 g/mol. The molecule has 3 fully saturated rings. The average molecular weight is 435 g/mol. The van der Waals surface area contributed by atoms with Crippen molar-refractivity contribution < 1.29 is 28.2 Å². The van der Waals surface area contributed by atoms with Gasteiger partial charge in [-0.2, -0.15) is 0 Å².